The molecule has 0 aromatic heterocycles. The molecule has 6 nitrogen and oxygen atoms in total. The molecule has 0 spiro atoms. The Hall–Kier alpha value is -3.21. The number of nitrogens with one attached hydrogen (secondary N) is 1. The normalized spacial score (nSPS) is 15.6. The zero-order chi connectivity index (χ0) is 21.1. The van der Waals surface area contributed by atoms with Crippen LogP contribution in [0.25, 0.3) is 10.8 Å². The minimum absolute atomic E-state index is 0.180. The average Bonchev–Trinajstić information content (AvgIpc) is 2.79. The highest BCUT2D eigenvalue weighted by molar-refractivity contribution is 7.89. The van der Waals surface area contributed by atoms with Gasteiger partial charge in [-0.3, -0.25) is 4.79 Å². The number of nitriles is 1. The summed E-state index contributed by atoms with van der Waals surface area (Å²) in [5.41, 5.74) is 0.887. The van der Waals surface area contributed by atoms with Crippen LogP contribution in [0.3, 0.4) is 0 Å². The molecule has 7 heteroatoms. The molecule has 1 aliphatic rings. The minimum Gasteiger partial charge on any atom is -0.325 e. The lowest BCUT2D eigenvalue weighted by Gasteiger charge is -2.30. The summed E-state index contributed by atoms with van der Waals surface area (Å²) in [5.74, 6) is -0.472. The Morgan fingerprint density at radius 3 is 2.37 bits per heavy atom. The topological polar surface area (TPSA) is 90.3 Å². The molecular weight excluding hydrogens is 398 g/mol. The average molecular weight is 420 g/mol. The van der Waals surface area contributed by atoms with E-state index in [4.69, 9.17) is 5.26 Å². The van der Waals surface area contributed by atoms with Crippen molar-refractivity contribution in [2.45, 2.75) is 17.7 Å². The van der Waals surface area contributed by atoms with Crippen molar-refractivity contribution in [3.05, 3.63) is 72.3 Å². The molecule has 0 unspecified atom stereocenters. The third kappa shape index (κ3) is 3.92. The van der Waals surface area contributed by atoms with Gasteiger partial charge >= 0.3 is 0 Å². The lowest BCUT2D eigenvalue weighted by atomic mass is 9.97. The lowest BCUT2D eigenvalue weighted by molar-refractivity contribution is -0.120. The van der Waals surface area contributed by atoms with E-state index < -0.39 is 10.0 Å². The van der Waals surface area contributed by atoms with Crippen LogP contribution in [0.15, 0.2) is 71.6 Å². The van der Waals surface area contributed by atoms with E-state index >= 15 is 0 Å². The van der Waals surface area contributed by atoms with Gasteiger partial charge in [0.25, 0.3) is 0 Å². The van der Waals surface area contributed by atoms with Gasteiger partial charge in [-0.1, -0.05) is 42.5 Å². The number of hydrogen-bond acceptors (Lipinski definition) is 4. The molecule has 4 rings (SSSR count). The predicted octanol–water partition coefficient (Wildman–Crippen LogP) is 3.75. The second-order valence-corrected chi connectivity index (χ2v) is 9.27. The molecule has 1 heterocycles. The van der Waals surface area contributed by atoms with Crippen LogP contribution in [-0.4, -0.2) is 31.7 Å². The summed E-state index contributed by atoms with van der Waals surface area (Å²) in [7, 11) is -3.61. The lowest BCUT2D eigenvalue weighted by Crippen LogP contribution is -2.41. The van der Waals surface area contributed by atoms with Crippen molar-refractivity contribution in [3.63, 3.8) is 0 Å². The molecular formula is C23H21N3O3S. The van der Waals surface area contributed by atoms with E-state index in [-0.39, 0.29) is 29.8 Å². The number of anilines is 1. The number of rotatable bonds is 4. The molecule has 30 heavy (non-hydrogen) atoms. The van der Waals surface area contributed by atoms with E-state index in [0.717, 1.165) is 10.8 Å². The van der Waals surface area contributed by atoms with E-state index in [2.05, 4.69) is 11.4 Å². The Balaban J connectivity index is 1.44. The van der Waals surface area contributed by atoms with E-state index in [1.165, 1.54) is 4.31 Å². The quantitative estimate of drug-likeness (QED) is 0.697. The van der Waals surface area contributed by atoms with E-state index in [0.29, 0.717) is 24.1 Å². The molecule has 0 radical (unpaired) electrons. The summed E-state index contributed by atoms with van der Waals surface area (Å²) in [5, 5.41) is 13.8. The number of amides is 1. The Bertz CT molecular complexity index is 1240. The molecule has 0 atom stereocenters. The minimum atomic E-state index is -3.61. The third-order valence-electron chi connectivity index (χ3n) is 5.49. The van der Waals surface area contributed by atoms with Crippen LogP contribution in [0.4, 0.5) is 5.69 Å². The highest BCUT2D eigenvalue weighted by Crippen LogP contribution is 2.27. The molecule has 0 saturated carbocycles. The van der Waals surface area contributed by atoms with Crippen LogP contribution in [0.2, 0.25) is 0 Å². The number of carbonyl (C=O) groups is 1. The predicted molar refractivity (Wildman–Crippen MR) is 115 cm³/mol. The Labute approximate surface area is 175 Å². The first-order valence-electron chi connectivity index (χ1n) is 9.78. The van der Waals surface area contributed by atoms with Gasteiger partial charge < -0.3 is 5.32 Å². The fourth-order valence-corrected chi connectivity index (χ4v) is 5.27. The number of hydrogen-bond donors (Lipinski definition) is 1. The van der Waals surface area contributed by atoms with Crippen LogP contribution < -0.4 is 5.32 Å². The van der Waals surface area contributed by atoms with Gasteiger partial charge in [0, 0.05) is 19.0 Å². The molecule has 1 aliphatic heterocycles. The fourth-order valence-electron chi connectivity index (χ4n) is 3.76. The number of nitrogens with zero attached hydrogens (tertiary/aromatic N) is 2. The van der Waals surface area contributed by atoms with Gasteiger partial charge in [0.1, 0.15) is 6.07 Å². The number of fused-ring (bicyclic) bond motifs is 1. The summed E-state index contributed by atoms with van der Waals surface area (Å²) in [6.45, 7) is 0.570. The molecule has 1 fully saturated rings. The second-order valence-electron chi connectivity index (χ2n) is 7.33. The van der Waals surface area contributed by atoms with Crippen LogP contribution in [0.5, 0.6) is 0 Å². The zero-order valence-corrected chi connectivity index (χ0v) is 17.1. The molecule has 0 aliphatic carbocycles. The molecule has 1 saturated heterocycles. The summed E-state index contributed by atoms with van der Waals surface area (Å²) < 4.78 is 27.6. The number of para-hydroxylation sites is 1. The Morgan fingerprint density at radius 2 is 1.63 bits per heavy atom. The van der Waals surface area contributed by atoms with Gasteiger partial charge in [-0.25, -0.2) is 8.42 Å². The second kappa shape index (κ2) is 8.27. The van der Waals surface area contributed by atoms with E-state index in [9.17, 15) is 13.2 Å². The van der Waals surface area contributed by atoms with Gasteiger partial charge in [0.05, 0.1) is 16.1 Å². The van der Waals surface area contributed by atoms with Gasteiger partial charge in [0.2, 0.25) is 15.9 Å². The van der Waals surface area contributed by atoms with Gasteiger partial charge in [0.15, 0.2) is 0 Å². The van der Waals surface area contributed by atoms with Crippen molar-refractivity contribution < 1.29 is 13.2 Å². The maximum Gasteiger partial charge on any atom is 0.243 e. The first kappa shape index (κ1) is 20.1. The van der Waals surface area contributed by atoms with Crippen LogP contribution in [0.1, 0.15) is 18.4 Å². The van der Waals surface area contributed by atoms with Crippen molar-refractivity contribution in [3.8, 4) is 6.07 Å². The third-order valence-corrected chi connectivity index (χ3v) is 7.38. The standard InChI is InChI=1S/C23H21N3O3S/c24-16-20-7-3-4-8-22(20)25-23(27)18-11-13-26(14-12-18)30(28,29)21-10-9-17-5-1-2-6-19(17)15-21/h1-10,15,18H,11-14H2,(H,25,27). The first-order chi connectivity index (χ1) is 14.5. The van der Waals surface area contributed by atoms with Crippen LogP contribution in [-0.2, 0) is 14.8 Å². The summed E-state index contributed by atoms with van der Waals surface area (Å²) in [4.78, 5) is 12.9. The maximum atomic E-state index is 13.1. The van der Waals surface area contributed by atoms with Gasteiger partial charge in [-0.05, 0) is 47.9 Å². The summed E-state index contributed by atoms with van der Waals surface area (Å²) >= 11 is 0. The number of carbonyl (C=O) groups excluding carboxylic acids is 1. The zero-order valence-electron chi connectivity index (χ0n) is 16.3. The maximum absolute atomic E-state index is 13.1. The number of benzene rings is 3. The Kier molecular flexibility index (Phi) is 5.53. The monoisotopic (exact) mass is 419 g/mol. The summed E-state index contributed by atoms with van der Waals surface area (Å²) in [6.07, 6.45) is 0.876. The highest BCUT2D eigenvalue weighted by atomic mass is 32.2. The van der Waals surface area contributed by atoms with E-state index in [1.54, 1.807) is 36.4 Å². The Morgan fingerprint density at radius 1 is 0.967 bits per heavy atom. The fraction of sp³-hybridized carbons (Fsp3) is 0.217. The molecule has 1 N–H and O–H groups in total. The van der Waals surface area contributed by atoms with Gasteiger partial charge in [-0.15, -0.1) is 0 Å². The highest BCUT2D eigenvalue weighted by Gasteiger charge is 2.32. The first-order valence-corrected chi connectivity index (χ1v) is 11.2. The van der Waals surface area contributed by atoms with Crippen molar-refractivity contribution in [1.82, 2.24) is 4.31 Å². The molecule has 0 bridgehead atoms. The number of sulfonamides is 1. The molecule has 3 aromatic carbocycles. The molecule has 1 amide bonds. The summed E-state index contributed by atoms with van der Waals surface area (Å²) in [6, 6.07) is 21.7. The van der Waals surface area contributed by atoms with Crippen molar-refractivity contribution in [2.24, 2.45) is 5.92 Å². The van der Waals surface area contributed by atoms with Crippen LogP contribution >= 0.6 is 0 Å². The van der Waals surface area contributed by atoms with Crippen molar-refractivity contribution in [2.75, 3.05) is 18.4 Å². The SMILES string of the molecule is N#Cc1ccccc1NC(=O)C1CCN(S(=O)(=O)c2ccc3ccccc3c2)CC1. The smallest absolute Gasteiger partial charge is 0.243 e. The number of piperidine rings is 1. The van der Waals surface area contributed by atoms with Crippen molar-refractivity contribution in [1.29, 1.82) is 5.26 Å². The van der Waals surface area contributed by atoms with Crippen molar-refractivity contribution >= 4 is 32.4 Å². The molecule has 152 valence electrons. The van der Waals surface area contributed by atoms with E-state index in [1.807, 2.05) is 30.3 Å². The van der Waals surface area contributed by atoms with Crippen LogP contribution in [0, 0.1) is 17.2 Å². The van der Waals surface area contributed by atoms with Gasteiger partial charge in [-0.2, -0.15) is 9.57 Å². The molecule has 3 aromatic rings. The largest absolute Gasteiger partial charge is 0.325 e.